The molecule has 3 rings (SSSR count). The van der Waals surface area contributed by atoms with E-state index >= 15 is 0 Å². The van der Waals surface area contributed by atoms with Crippen LogP contribution in [-0.4, -0.2) is 46.9 Å². The van der Waals surface area contributed by atoms with Crippen molar-refractivity contribution in [2.24, 2.45) is 10.7 Å². The average Bonchev–Trinajstić information content (AvgIpc) is 3.08. The summed E-state index contributed by atoms with van der Waals surface area (Å²) in [6.07, 6.45) is 3.69. The van der Waals surface area contributed by atoms with E-state index < -0.39 is 0 Å². The highest BCUT2D eigenvalue weighted by Gasteiger charge is 2.11. The Balaban J connectivity index is 0.00000176. The van der Waals surface area contributed by atoms with Crippen LogP contribution in [0.15, 0.2) is 47.7 Å². The van der Waals surface area contributed by atoms with Crippen molar-refractivity contribution in [3.63, 3.8) is 0 Å². The van der Waals surface area contributed by atoms with Gasteiger partial charge in [-0.05, 0) is 23.8 Å². The third kappa shape index (κ3) is 4.20. The van der Waals surface area contributed by atoms with Crippen LogP contribution in [0.2, 0.25) is 0 Å². The van der Waals surface area contributed by atoms with E-state index in [1.54, 1.807) is 6.20 Å². The molecule has 22 heavy (non-hydrogen) atoms. The van der Waals surface area contributed by atoms with Gasteiger partial charge < -0.3 is 15.4 Å². The summed E-state index contributed by atoms with van der Waals surface area (Å²) in [4.78, 5) is 6.51. The Hall–Kier alpha value is -1.61. The minimum atomic E-state index is 0. The van der Waals surface area contributed by atoms with Crippen LogP contribution in [0.25, 0.3) is 5.69 Å². The summed E-state index contributed by atoms with van der Waals surface area (Å²) in [5.41, 5.74) is 8.17. The number of ether oxygens (including phenoxy) is 1. The lowest BCUT2D eigenvalue weighted by Crippen LogP contribution is -2.44. The Labute approximate surface area is 147 Å². The molecule has 0 spiro atoms. The first-order valence-corrected chi connectivity index (χ1v) is 7.04. The van der Waals surface area contributed by atoms with Gasteiger partial charge in [-0.1, -0.05) is 12.1 Å². The third-order valence-electron chi connectivity index (χ3n) is 3.46. The van der Waals surface area contributed by atoms with Crippen molar-refractivity contribution in [2.45, 2.75) is 6.54 Å². The summed E-state index contributed by atoms with van der Waals surface area (Å²) in [6.45, 7) is 3.65. The lowest BCUT2D eigenvalue weighted by atomic mass is 10.2. The van der Waals surface area contributed by atoms with Crippen molar-refractivity contribution in [3.8, 4) is 5.69 Å². The van der Waals surface area contributed by atoms with E-state index in [9.17, 15) is 0 Å². The first kappa shape index (κ1) is 16.8. The van der Waals surface area contributed by atoms with Crippen molar-refractivity contribution < 1.29 is 4.74 Å². The van der Waals surface area contributed by atoms with Crippen LogP contribution in [0.4, 0.5) is 0 Å². The van der Waals surface area contributed by atoms with Crippen LogP contribution in [0, 0.1) is 0 Å². The zero-order chi connectivity index (χ0) is 14.5. The standard InChI is InChI=1S/C15H19N5O.HI/c16-15(19-8-10-21-11-9-19)17-12-13-2-4-14(5-3-13)20-7-1-6-18-20;/h1-7H,8-12H2,(H2,16,17);1H. The second-order valence-corrected chi connectivity index (χ2v) is 4.89. The van der Waals surface area contributed by atoms with Gasteiger partial charge in [0.25, 0.3) is 0 Å². The van der Waals surface area contributed by atoms with Gasteiger partial charge in [0.1, 0.15) is 0 Å². The van der Waals surface area contributed by atoms with Crippen molar-refractivity contribution in [1.82, 2.24) is 14.7 Å². The normalized spacial score (nSPS) is 15.5. The Kier molecular flexibility index (Phi) is 6.20. The maximum absolute atomic E-state index is 6.01. The largest absolute Gasteiger partial charge is 0.378 e. The van der Waals surface area contributed by atoms with Gasteiger partial charge >= 0.3 is 0 Å². The maximum atomic E-state index is 6.01. The van der Waals surface area contributed by atoms with E-state index in [4.69, 9.17) is 10.5 Å². The highest BCUT2D eigenvalue weighted by atomic mass is 127. The van der Waals surface area contributed by atoms with Gasteiger partial charge in [0.05, 0.1) is 25.4 Å². The van der Waals surface area contributed by atoms with Crippen molar-refractivity contribution in [1.29, 1.82) is 0 Å². The fourth-order valence-corrected chi connectivity index (χ4v) is 2.24. The summed E-state index contributed by atoms with van der Waals surface area (Å²) >= 11 is 0. The summed E-state index contributed by atoms with van der Waals surface area (Å²) in [6, 6.07) is 10.1. The number of aliphatic imine (C=N–C) groups is 1. The molecule has 0 bridgehead atoms. The fraction of sp³-hybridized carbons (Fsp3) is 0.333. The van der Waals surface area contributed by atoms with E-state index in [0.717, 1.165) is 37.6 Å². The molecule has 0 atom stereocenters. The molecular weight excluding hydrogens is 393 g/mol. The molecule has 1 aliphatic heterocycles. The molecule has 0 aliphatic carbocycles. The Morgan fingerprint density at radius 2 is 1.95 bits per heavy atom. The molecule has 1 fully saturated rings. The number of halogens is 1. The summed E-state index contributed by atoms with van der Waals surface area (Å²) in [5.74, 6) is 0.592. The summed E-state index contributed by atoms with van der Waals surface area (Å²) in [5, 5.41) is 4.20. The quantitative estimate of drug-likeness (QED) is 0.472. The second-order valence-electron chi connectivity index (χ2n) is 4.89. The Bertz CT molecular complexity index is 591. The second kappa shape index (κ2) is 8.14. The van der Waals surface area contributed by atoms with E-state index in [2.05, 4.69) is 15.0 Å². The summed E-state index contributed by atoms with van der Waals surface area (Å²) < 4.78 is 7.13. The van der Waals surface area contributed by atoms with Crippen LogP contribution in [0.1, 0.15) is 5.56 Å². The molecule has 2 aromatic rings. The zero-order valence-electron chi connectivity index (χ0n) is 12.3. The van der Waals surface area contributed by atoms with E-state index in [1.165, 1.54) is 0 Å². The van der Waals surface area contributed by atoms with E-state index in [1.807, 2.05) is 41.2 Å². The lowest BCUT2D eigenvalue weighted by Gasteiger charge is -2.27. The number of nitrogens with zero attached hydrogens (tertiary/aromatic N) is 4. The van der Waals surface area contributed by atoms with Gasteiger partial charge in [0.2, 0.25) is 0 Å². The number of aromatic nitrogens is 2. The molecule has 1 aliphatic rings. The molecule has 0 radical (unpaired) electrons. The smallest absolute Gasteiger partial charge is 0.191 e. The van der Waals surface area contributed by atoms with Crippen LogP contribution < -0.4 is 5.73 Å². The van der Waals surface area contributed by atoms with Crippen molar-refractivity contribution >= 4 is 29.9 Å². The minimum absolute atomic E-state index is 0. The number of hydrogen-bond acceptors (Lipinski definition) is 3. The minimum Gasteiger partial charge on any atom is -0.378 e. The number of hydrogen-bond donors (Lipinski definition) is 1. The fourth-order valence-electron chi connectivity index (χ4n) is 2.24. The van der Waals surface area contributed by atoms with Gasteiger partial charge in [0.15, 0.2) is 5.96 Å². The predicted molar refractivity (Wildman–Crippen MR) is 96.7 cm³/mol. The molecule has 6 nitrogen and oxygen atoms in total. The summed E-state index contributed by atoms with van der Waals surface area (Å²) in [7, 11) is 0. The molecule has 118 valence electrons. The average molecular weight is 413 g/mol. The molecule has 1 saturated heterocycles. The van der Waals surface area contributed by atoms with Gasteiger partial charge in [-0.25, -0.2) is 9.67 Å². The molecule has 0 amide bonds. The molecule has 0 unspecified atom stereocenters. The number of rotatable bonds is 3. The topological polar surface area (TPSA) is 68.7 Å². The number of benzene rings is 1. The lowest BCUT2D eigenvalue weighted by molar-refractivity contribution is 0.0674. The Morgan fingerprint density at radius 1 is 1.23 bits per heavy atom. The Morgan fingerprint density at radius 3 is 2.59 bits per heavy atom. The number of morpholine rings is 1. The van der Waals surface area contributed by atoms with Crippen LogP contribution in [-0.2, 0) is 11.3 Å². The van der Waals surface area contributed by atoms with Gasteiger partial charge in [-0.15, -0.1) is 24.0 Å². The van der Waals surface area contributed by atoms with Crippen molar-refractivity contribution in [3.05, 3.63) is 48.3 Å². The SMILES string of the molecule is I.NC(=NCc1ccc(-n2cccn2)cc1)N1CCOCC1. The van der Waals surface area contributed by atoms with Gasteiger partial charge in [-0.3, -0.25) is 0 Å². The van der Waals surface area contributed by atoms with E-state index in [0.29, 0.717) is 12.5 Å². The maximum Gasteiger partial charge on any atom is 0.191 e. The molecular formula is C15H20IN5O. The molecule has 1 aromatic heterocycles. The number of guanidine groups is 1. The molecule has 7 heteroatoms. The zero-order valence-corrected chi connectivity index (χ0v) is 14.6. The van der Waals surface area contributed by atoms with Crippen molar-refractivity contribution in [2.75, 3.05) is 26.3 Å². The predicted octanol–water partition coefficient (Wildman–Crippen LogP) is 1.64. The number of nitrogens with two attached hydrogens (primary N) is 1. The molecule has 2 N–H and O–H groups in total. The molecule has 2 heterocycles. The van der Waals surface area contributed by atoms with Crippen LogP contribution in [0.5, 0.6) is 0 Å². The first-order valence-electron chi connectivity index (χ1n) is 7.04. The van der Waals surface area contributed by atoms with Gasteiger partial charge in [-0.2, -0.15) is 5.10 Å². The monoisotopic (exact) mass is 413 g/mol. The van der Waals surface area contributed by atoms with Crippen LogP contribution >= 0.6 is 24.0 Å². The van der Waals surface area contributed by atoms with Gasteiger partial charge in [0, 0.05) is 25.5 Å². The highest BCUT2D eigenvalue weighted by molar-refractivity contribution is 14.0. The molecule has 1 aromatic carbocycles. The third-order valence-corrected chi connectivity index (χ3v) is 3.46. The van der Waals surface area contributed by atoms with E-state index in [-0.39, 0.29) is 24.0 Å². The van der Waals surface area contributed by atoms with Crippen LogP contribution in [0.3, 0.4) is 0 Å². The molecule has 0 saturated carbocycles. The first-order chi connectivity index (χ1) is 10.3. The highest BCUT2D eigenvalue weighted by Crippen LogP contribution is 2.09.